The van der Waals surface area contributed by atoms with Crippen LogP contribution in [0.25, 0.3) is 21.9 Å². The van der Waals surface area contributed by atoms with Crippen LogP contribution in [0.2, 0.25) is 0 Å². The van der Waals surface area contributed by atoms with Gasteiger partial charge in [0.05, 0.1) is 7.11 Å². The number of ether oxygens (including phenoxy) is 1. The van der Waals surface area contributed by atoms with Gasteiger partial charge in [-0.2, -0.15) is 0 Å². The number of nitrogens with one attached hydrogen (secondary N) is 1. The molecule has 128 valence electrons. The van der Waals surface area contributed by atoms with Crippen LogP contribution in [0.4, 0.5) is 10.2 Å². The van der Waals surface area contributed by atoms with Gasteiger partial charge in [-0.1, -0.05) is 31.2 Å². The number of aryl methyl sites for hydroxylation is 1. The molecule has 0 saturated heterocycles. The molecule has 0 spiro atoms. The summed E-state index contributed by atoms with van der Waals surface area (Å²) in [6, 6.07) is 11.3. The molecule has 0 aliphatic carbocycles. The minimum Gasteiger partial charge on any atom is -0.494 e. The van der Waals surface area contributed by atoms with Gasteiger partial charge in [0, 0.05) is 23.7 Å². The maximum Gasteiger partial charge on any atom is 0.165 e. The van der Waals surface area contributed by atoms with Crippen LogP contribution in [-0.2, 0) is 6.42 Å². The first-order chi connectivity index (χ1) is 12.2. The molecule has 0 amide bonds. The third-order valence-electron chi connectivity index (χ3n) is 4.24. The molecule has 0 radical (unpaired) electrons. The van der Waals surface area contributed by atoms with Gasteiger partial charge >= 0.3 is 0 Å². The highest BCUT2D eigenvalue weighted by Crippen LogP contribution is 2.34. The van der Waals surface area contributed by atoms with Gasteiger partial charge in [0.1, 0.15) is 5.82 Å². The van der Waals surface area contributed by atoms with E-state index in [1.165, 1.54) is 18.7 Å². The van der Waals surface area contributed by atoms with Crippen molar-refractivity contribution >= 4 is 16.6 Å². The van der Waals surface area contributed by atoms with Gasteiger partial charge in [-0.15, -0.1) is 6.58 Å². The SMILES string of the molecule is C=CCNc1ncc(-c2ccc(OC)c(F)c2)c2ccc(CC)cc12. The molecule has 2 aromatic carbocycles. The Hall–Kier alpha value is -2.88. The van der Waals surface area contributed by atoms with Crippen LogP contribution < -0.4 is 10.1 Å². The molecule has 1 aromatic heterocycles. The third kappa shape index (κ3) is 3.33. The minimum absolute atomic E-state index is 0.235. The summed E-state index contributed by atoms with van der Waals surface area (Å²) in [5, 5.41) is 5.33. The van der Waals surface area contributed by atoms with Crippen molar-refractivity contribution < 1.29 is 9.13 Å². The van der Waals surface area contributed by atoms with Gasteiger partial charge in [0.2, 0.25) is 0 Å². The summed E-state index contributed by atoms with van der Waals surface area (Å²) < 4.78 is 19.1. The summed E-state index contributed by atoms with van der Waals surface area (Å²) in [7, 11) is 1.46. The Balaban J connectivity index is 2.19. The van der Waals surface area contributed by atoms with Crippen LogP contribution in [0, 0.1) is 5.82 Å². The summed E-state index contributed by atoms with van der Waals surface area (Å²) >= 11 is 0. The van der Waals surface area contributed by atoms with Crippen molar-refractivity contribution in [1.82, 2.24) is 4.98 Å². The Labute approximate surface area is 147 Å². The van der Waals surface area contributed by atoms with E-state index in [-0.39, 0.29) is 11.6 Å². The number of methoxy groups -OCH3 is 1. The van der Waals surface area contributed by atoms with Crippen LogP contribution in [0.1, 0.15) is 12.5 Å². The summed E-state index contributed by atoms with van der Waals surface area (Å²) in [5.74, 6) is 0.661. The summed E-state index contributed by atoms with van der Waals surface area (Å²) in [5.41, 5.74) is 2.90. The fourth-order valence-corrected chi connectivity index (χ4v) is 2.88. The topological polar surface area (TPSA) is 34.2 Å². The standard InChI is InChI=1S/C21H21FN2O/c1-4-10-23-21-17-11-14(5-2)6-8-16(17)18(13-24-21)15-7-9-20(25-3)19(22)12-15/h4,6-9,11-13H,1,5,10H2,2-3H3,(H,23,24). The molecular weight excluding hydrogens is 315 g/mol. The number of rotatable bonds is 6. The second-order valence-corrected chi connectivity index (χ2v) is 5.77. The third-order valence-corrected chi connectivity index (χ3v) is 4.24. The van der Waals surface area contributed by atoms with Crippen molar-refractivity contribution in [2.45, 2.75) is 13.3 Å². The van der Waals surface area contributed by atoms with E-state index < -0.39 is 0 Å². The number of hydrogen-bond donors (Lipinski definition) is 1. The maximum absolute atomic E-state index is 14.1. The Morgan fingerprint density at radius 2 is 2.04 bits per heavy atom. The number of benzene rings is 2. The molecular formula is C21H21FN2O. The van der Waals surface area contributed by atoms with E-state index in [0.717, 1.165) is 34.1 Å². The molecule has 0 atom stereocenters. The normalized spacial score (nSPS) is 10.7. The largest absolute Gasteiger partial charge is 0.494 e. The average molecular weight is 336 g/mol. The summed E-state index contributed by atoms with van der Waals surface area (Å²) in [6.07, 6.45) is 4.52. The molecule has 25 heavy (non-hydrogen) atoms. The molecule has 4 heteroatoms. The van der Waals surface area contributed by atoms with Crippen molar-refractivity contribution in [3.63, 3.8) is 0 Å². The van der Waals surface area contributed by atoms with E-state index in [0.29, 0.717) is 6.54 Å². The van der Waals surface area contributed by atoms with E-state index in [2.05, 4.69) is 42.0 Å². The van der Waals surface area contributed by atoms with E-state index >= 15 is 0 Å². The van der Waals surface area contributed by atoms with E-state index in [4.69, 9.17) is 4.74 Å². The first kappa shape index (κ1) is 17.0. The predicted molar refractivity (Wildman–Crippen MR) is 102 cm³/mol. The van der Waals surface area contributed by atoms with Gasteiger partial charge in [0.25, 0.3) is 0 Å². The average Bonchev–Trinajstić information content (AvgIpc) is 2.65. The van der Waals surface area contributed by atoms with Crippen LogP contribution in [0.15, 0.2) is 55.3 Å². The predicted octanol–water partition coefficient (Wildman–Crippen LogP) is 5.21. The summed E-state index contributed by atoms with van der Waals surface area (Å²) in [6.45, 7) is 6.49. The number of aromatic nitrogens is 1. The molecule has 1 heterocycles. The van der Waals surface area contributed by atoms with Gasteiger partial charge in [-0.25, -0.2) is 9.37 Å². The molecule has 1 N–H and O–H groups in total. The molecule has 0 unspecified atom stereocenters. The van der Waals surface area contributed by atoms with Gasteiger partial charge in [-0.05, 0) is 41.1 Å². The number of anilines is 1. The van der Waals surface area contributed by atoms with Gasteiger partial charge in [-0.3, -0.25) is 0 Å². The van der Waals surface area contributed by atoms with Crippen molar-refractivity contribution in [3.8, 4) is 16.9 Å². The fraction of sp³-hybridized carbons (Fsp3) is 0.190. The lowest BCUT2D eigenvalue weighted by molar-refractivity contribution is 0.386. The Bertz CT molecular complexity index is 921. The lowest BCUT2D eigenvalue weighted by Gasteiger charge is -2.13. The van der Waals surface area contributed by atoms with Crippen molar-refractivity contribution in [3.05, 3.63) is 66.6 Å². The monoisotopic (exact) mass is 336 g/mol. The number of halogens is 1. The van der Waals surface area contributed by atoms with E-state index in [1.807, 2.05) is 6.07 Å². The minimum atomic E-state index is -0.382. The molecule has 0 saturated carbocycles. The Kier molecular flexibility index (Phi) is 4.98. The Morgan fingerprint density at radius 3 is 2.72 bits per heavy atom. The van der Waals surface area contributed by atoms with Gasteiger partial charge < -0.3 is 10.1 Å². The smallest absolute Gasteiger partial charge is 0.165 e. The zero-order valence-corrected chi connectivity index (χ0v) is 14.5. The number of hydrogen-bond acceptors (Lipinski definition) is 3. The molecule has 0 bridgehead atoms. The second kappa shape index (κ2) is 7.34. The highest BCUT2D eigenvalue weighted by atomic mass is 19.1. The molecule has 0 fully saturated rings. The highest BCUT2D eigenvalue weighted by molar-refractivity contribution is 6.02. The summed E-state index contributed by atoms with van der Waals surface area (Å²) in [4.78, 5) is 4.56. The lowest BCUT2D eigenvalue weighted by atomic mass is 9.98. The lowest BCUT2D eigenvalue weighted by Crippen LogP contribution is -2.02. The number of nitrogens with zero attached hydrogens (tertiary/aromatic N) is 1. The molecule has 3 rings (SSSR count). The second-order valence-electron chi connectivity index (χ2n) is 5.77. The zero-order valence-electron chi connectivity index (χ0n) is 14.5. The number of fused-ring (bicyclic) bond motifs is 1. The van der Waals surface area contributed by atoms with Crippen molar-refractivity contribution in [2.75, 3.05) is 19.0 Å². The van der Waals surface area contributed by atoms with Crippen LogP contribution in [0.5, 0.6) is 5.75 Å². The van der Waals surface area contributed by atoms with Crippen molar-refractivity contribution in [2.24, 2.45) is 0 Å². The number of pyridine rings is 1. The zero-order chi connectivity index (χ0) is 17.8. The van der Waals surface area contributed by atoms with Crippen LogP contribution >= 0.6 is 0 Å². The first-order valence-electron chi connectivity index (χ1n) is 8.28. The molecule has 3 nitrogen and oxygen atoms in total. The van der Waals surface area contributed by atoms with Crippen LogP contribution in [-0.4, -0.2) is 18.6 Å². The van der Waals surface area contributed by atoms with Gasteiger partial charge in [0.15, 0.2) is 11.6 Å². The fourth-order valence-electron chi connectivity index (χ4n) is 2.88. The molecule has 0 aliphatic rings. The first-order valence-corrected chi connectivity index (χ1v) is 8.28. The van der Waals surface area contributed by atoms with E-state index in [1.54, 1.807) is 18.3 Å². The van der Waals surface area contributed by atoms with Crippen LogP contribution in [0.3, 0.4) is 0 Å². The Morgan fingerprint density at radius 1 is 1.20 bits per heavy atom. The highest BCUT2D eigenvalue weighted by Gasteiger charge is 2.12. The molecule has 3 aromatic rings. The molecule has 0 aliphatic heterocycles. The quantitative estimate of drug-likeness (QED) is 0.628. The maximum atomic E-state index is 14.1. The van der Waals surface area contributed by atoms with Crippen molar-refractivity contribution in [1.29, 1.82) is 0 Å². The van der Waals surface area contributed by atoms with E-state index in [9.17, 15) is 4.39 Å².